The molecule has 0 aliphatic heterocycles. The number of rotatable bonds is 7. The summed E-state index contributed by atoms with van der Waals surface area (Å²) in [5, 5.41) is 29.2. The van der Waals surface area contributed by atoms with Crippen LogP contribution in [0.4, 0.5) is 0 Å². The van der Waals surface area contributed by atoms with Crippen molar-refractivity contribution in [2.45, 2.75) is 12.6 Å². The first-order valence-corrected chi connectivity index (χ1v) is 5.34. The van der Waals surface area contributed by atoms with E-state index < -0.39 is 0 Å². The molecular weight excluding hydrogens is 220 g/mol. The molecule has 0 unspecified atom stereocenters. The van der Waals surface area contributed by atoms with E-state index >= 15 is 0 Å². The Kier molecular flexibility index (Phi) is 6.04. The van der Waals surface area contributed by atoms with Gasteiger partial charge in [-0.05, 0) is 17.7 Å². The second-order valence-electron chi connectivity index (χ2n) is 3.54. The fourth-order valence-electron chi connectivity index (χ4n) is 1.31. The van der Waals surface area contributed by atoms with Crippen molar-refractivity contribution in [3.05, 3.63) is 29.8 Å². The van der Waals surface area contributed by atoms with Crippen LogP contribution in [-0.4, -0.2) is 36.1 Å². The quantitative estimate of drug-likeness (QED) is 0.622. The molecule has 0 aliphatic carbocycles. The molecule has 92 valence electrons. The number of ether oxygens (including phenoxy) is 1. The minimum atomic E-state index is -0.321. The second-order valence-corrected chi connectivity index (χ2v) is 3.54. The molecule has 0 saturated heterocycles. The first kappa shape index (κ1) is 13.5. The number of nitrogens with zero attached hydrogens (tertiary/aromatic N) is 1. The molecule has 5 heteroatoms. The summed E-state index contributed by atoms with van der Waals surface area (Å²) in [4.78, 5) is 0. The van der Waals surface area contributed by atoms with Gasteiger partial charge in [0.2, 0.25) is 0 Å². The van der Waals surface area contributed by atoms with Crippen LogP contribution in [0.15, 0.2) is 24.3 Å². The highest BCUT2D eigenvalue weighted by Gasteiger charge is 2.04. The molecule has 5 nitrogen and oxygen atoms in total. The SMILES string of the molecule is N#CCOc1cccc(CNC(CO)CO)c1. The third-order valence-corrected chi connectivity index (χ3v) is 2.24. The Bertz CT molecular complexity index is 372. The molecule has 0 bridgehead atoms. The van der Waals surface area contributed by atoms with E-state index in [1.54, 1.807) is 6.07 Å². The summed E-state index contributed by atoms with van der Waals surface area (Å²) in [5.74, 6) is 0.635. The third-order valence-electron chi connectivity index (χ3n) is 2.24. The lowest BCUT2D eigenvalue weighted by Gasteiger charge is -2.13. The number of aliphatic hydroxyl groups excluding tert-OH is 2. The van der Waals surface area contributed by atoms with Crippen molar-refractivity contribution in [3.8, 4) is 11.8 Å². The van der Waals surface area contributed by atoms with Crippen molar-refractivity contribution in [1.29, 1.82) is 5.26 Å². The number of aliphatic hydroxyl groups is 2. The van der Waals surface area contributed by atoms with Crippen molar-refractivity contribution >= 4 is 0 Å². The van der Waals surface area contributed by atoms with E-state index in [1.807, 2.05) is 24.3 Å². The van der Waals surface area contributed by atoms with Crippen molar-refractivity contribution in [1.82, 2.24) is 5.32 Å². The van der Waals surface area contributed by atoms with Crippen LogP contribution < -0.4 is 10.1 Å². The van der Waals surface area contributed by atoms with Gasteiger partial charge in [0.1, 0.15) is 11.8 Å². The highest BCUT2D eigenvalue weighted by Crippen LogP contribution is 2.13. The summed E-state index contributed by atoms with van der Waals surface area (Å²) in [7, 11) is 0. The van der Waals surface area contributed by atoms with Gasteiger partial charge in [0.15, 0.2) is 6.61 Å². The van der Waals surface area contributed by atoms with Gasteiger partial charge in [-0.25, -0.2) is 0 Å². The van der Waals surface area contributed by atoms with Gasteiger partial charge < -0.3 is 20.3 Å². The number of nitriles is 1. The molecule has 1 rings (SSSR count). The standard InChI is InChI=1S/C12H16N2O3/c13-4-5-17-12-3-1-2-10(6-12)7-14-11(8-15)9-16/h1-3,6,11,14-16H,5,7-9H2. The summed E-state index contributed by atoms with van der Waals surface area (Å²) < 4.78 is 5.17. The van der Waals surface area contributed by atoms with E-state index in [9.17, 15) is 0 Å². The summed E-state index contributed by atoms with van der Waals surface area (Å²) in [6.45, 7) is 0.324. The lowest BCUT2D eigenvalue weighted by atomic mass is 10.2. The monoisotopic (exact) mass is 236 g/mol. The Morgan fingerprint density at radius 3 is 2.76 bits per heavy atom. The maximum absolute atomic E-state index is 8.89. The smallest absolute Gasteiger partial charge is 0.174 e. The Hall–Kier alpha value is -1.61. The maximum atomic E-state index is 8.89. The maximum Gasteiger partial charge on any atom is 0.174 e. The fraction of sp³-hybridized carbons (Fsp3) is 0.417. The molecule has 1 aromatic rings. The van der Waals surface area contributed by atoms with Crippen LogP contribution in [0.1, 0.15) is 5.56 Å². The molecular formula is C12H16N2O3. The zero-order valence-electron chi connectivity index (χ0n) is 9.47. The molecule has 3 N–H and O–H groups in total. The summed E-state index contributed by atoms with van der Waals surface area (Å²) in [6, 6.07) is 8.90. The van der Waals surface area contributed by atoms with Gasteiger partial charge in [-0.2, -0.15) is 5.26 Å². The minimum absolute atomic E-state index is 0.0206. The molecule has 0 aromatic heterocycles. The third kappa shape index (κ3) is 4.83. The lowest BCUT2D eigenvalue weighted by molar-refractivity contribution is 0.170. The molecule has 0 amide bonds. The molecule has 17 heavy (non-hydrogen) atoms. The van der Waals surface area contributed by atoms with Crippen LogP contribution in [0.2, 0.25) is 0 Å². The Labute approximate surface area is 100 Å². The molecule has 0 radical (unpaired) electrons. The largest absolute Gasteiger partial charge is 0.479 e. The molecule has 0 atom stereocenters. The molecule has 0 fully saturated rings. The number of hydrogen-bond donors (Lipinski definition) is 3. The minimum Gasteiger partial charge on any atom is -0.479 e. The van der Waals surface area contributed by atoms with E-state index in [4.69, 9.17) is 20.2 Å². The zero-order chi connectivity index (χ0) is 12.5. The fourth-order valence-corrected chi connectivity index (χ4v) is 1.31. The van der Waals surface area contributed by atoms with Gasteiger partial charge in [0, 0.05) is 6.54 Å². The average molecular weight is 236 g/mol. The van der Waals surface area contributed by atoms with Crippen LogP contribution >= 0.6 is 0 Å². The van der Waals surface area contributed by atoms with Crippen LogP contribution in [0.3, 0.4) is 0 Å². The summed E-state index contributed by atoms with van der Waals surface area (Å²) in [6.07, 6.45) is 0. The highest BCUT2D eigenvalue weighted by molar-refractivity contribution is 5.28. The highest BCUT2D eigenvalue weighted by atomic mass is 16.5. The zero-order valence-corrected chi connectivity index (χ0v) is 9.47. The van der Waals surface area contributed by atoms with Gasteiger partial charge in [-0.1, -0.05) is 12.1 Å². The van der Waals surface area contributed by atoms with Crippen molar-refractivity contribution < 1.29 is 14.9 Å². The topological polar surface area (TPSA) is 85.5 Å². The van der Waals surface area contributed by atoms with E-state index in [1.165, 1.54) is 0 Å². The Balaban J connectivity index is 2.51. The molecule has 0 spiro atoms. The van der Waals surface area contributed by atoms with E-state index in [2.05, 4.69) is 5.32 Å². The first-order valence-electron chi connectivity index (χ1n) is 5.34. The van der Waals surface area contributed by atoms with Gasteiger partial charge in [0.05, 0.1) is 19.3 Å². The number of benzene rings is 1. The van der Waals surface area contributed by atoms with Gasteiger partial charge in [-0.3, -0.25) is 0 Å². The first-order chi connectivity index (χ1) is 8.30. The van der Waals surface area contributed by atoms with E-state index in [0.29, 0.717) is 12.3 Å². The summed E-state index contributed by atoms with van der Waals surface area (Å²) in [5.41, 5.74) is 0.965. The number of nitrogens with one attached hydrogen (secondary N) is 1. The Morgan fingerprint density at radius 2 is 2.12 bits per heavy atom. The normalized spacial score (nSPS) is 10.2. The van der Waals surface area contributed by atoms with Crippen LogP contribution in [0.5, 0.6) is 5.75 Å². The lowest BCUT2D eigenvalue weighted by Crippen LogP contribution is -2.35. The molecule has 0 saturated carbocycles. The molecule has 0 heterocycles. The van der Waals surface area contributed by atoms with Crippen LogP contribution in [0.25, 0.3) is 0 Å². The molecule has 0 aliphatic rings. The van der Waals surface area contributed by atoms with Crippen LogP contribution in [-0.2, 0) is 6.54 Å². The Morgan fingerprint density at radius 1 is 1.35 bits per heavy atom. The van der Waals surface area contributed by atoms with Crippen LogP contribution in [0, 0.1) is 11.3 Å². The second kappa shape index (κ2) is 7.63. The molecule has 1 aromatic carbocycles. The summed E-state index contributed by atoms with van der Waals surface area (Å²) >= 11 is 0. The van der Waals surface area contributed by atoms with Crippen molar-refractivity contribution in [2.75, 3.05) is 19.8 Å². The predicted octanol–water partition coefficient (Wildman–Crippen LogP) is 0.0318. The predicted molar refractivity (Wildman–Crippen MR) is 62.3 cm³/mol. The number of hydrogen-bond acceptors (Lipinski definition) is 5. The van der Waals surface area contributed by atoms with Gasteiger partial charge in [-0.15, -0.1) is 0 Å². The van der Waals surface area contributed by atoms with Gasteiger partial charge >= 0.3 is 0 Å². The average Bonchev–Trinajstić information content (AvgIpc) is 2.38. The van der Waals surface area contributed by atoms with Crippen molar-refractivity contribution in [2.24, 2.45) is 0 Å². The van der Waals surface area contributed by atoms with E-state index in [-0.39, 0.29) is 25.9 Å². The van der Waals surface area contributed by atoms with Crippen molar-refractivity contribution in [3.63, 3.8) is 0 Å². The van der Waals surface area contributed by atoms with Gasteiger partial charge in [0.25, 0.3) is 0 Å². The van der Waals surface area contributed by atoms with E-state index in [0.717, 1.165) is 5.56 Å².